The van der Waals surface area contributed by atoms with E-state index in [1.807, 2.05) is 48.5 Å². The van der Waals surface area contributed by atoms with Gasteiger partial charge < -0.3 is 13.9 Å². The van der Waals surface area contributed by atoms with Crippen molar-refractivity contribution in [2.45, 2.75) is 122 Å². The first-order valence-corrected chi connectivity index (χ1v) is 25.1. The molecule has 0 aliphatic heterocycles. The van der Waals surface area contributed by atoms with Crippen LogP contribution in [0, 0.1) is 25.3 Å². The van der Waals surface area contributed by atoms with Crippen molar-refractivity contribution in [3.05, 3.63) is 222 Å². The second-order valence-corrected chi connectivity index (χ2v) is 21.3. The molecular weight excluding hydrogens is 1140 g/mol. The van der Waals surface area contributed by atoms with Crippen molar-refractivity contribution in [2.75, 3.05) is 0 Å². The Hall–Kier alpha value is -7.33. The zero-order valence-electron chi connectivity index (χ0n) is 75.6. The molecule has 3 aromatic heterocycles. The van der Waals surface area contributed by atoms with Gasteiger partial charge in [-0.2, -0.15) is 18.2 Å². The van der Waals surface area contributed by atoms with Crippen LogP contribution in [-0.4, -0.2) is 14.1 Å². The van der Waals surface area contributed by atoms with Crippen molar-refractivity contribution in [1.29, 1.82) is 0 Å². The van der Waals surface area contributed by atoms with Crippen LogP contribution in [0.1, 0.15) is 167 Å². The maximum atomic E-state index is 10.3. The molecule has 0 spiro atoms. The molecule has 13 rings (SSSR count). The summed E-state index contributed by atoms with van der Waals surface area (Å²) in [6.45, 7) is -27.9. The topological polar surface area (TPSA) is 35.9 Å². The summed E-state index contributed by atoms with van der Waals surface area (Å²) in [5.74, 6) is 0.365. The summed E-state index contributed by atoms with van der Waals surface area (Å²) in [6.07, 6.45) is 1.15. The van der Waals surface area contributed by atoms with Crippen molar-refractivity contribution in [3.8, 4) is 62.1 Å². The Morgan fingerprint density at radius 3 is 1.89 bits per heavy atom. The number of ether oxygens (including phenoxy) is 1. The van der Waals surface area contributed by atoms with Gasteiger partial charge in [0.2, 0.25) is 0 Å². The predicted molar refractivity (Wildman–Crippen MR) is 321 cm³/mol. The molecule has 0 saturated heterocycles. The molecule has 0 unspecified atom stereocenters. The zero-order chi connectivity index (χ0) is 82.0. The second-order valence-electron chi connectivity index (χ2n) is 21.3. The predicted octanol–water partition coefficient (Wildman–Crippen LogP) is 18.1. The smallest absolute Gasteiger partial charge is 0.268 e. The molecule has 0 amide bonds. The van der Waals surface area contributed by atoms with E-state index in [-0.39, 0.29) is 66.1 Å². The van der Waals surface area contributed by atoms with Gasteiger partial charge in [-0.1, -0.05) is 202 Å². The van der Waals surface area contributed by atoms with E-state index in [0.717, 1.165) is 33.7 Å². The number of imidazole rings is 1. The number of pyridine rings is 1. The van der Waals surface area contributed by atoms with Gasteiger partial charge in [-0.05, 0) is 131 Å². The van der Waals surface area contributed by atoms with Crippen LogP contribution >= 0.6 is 0 Å². The Balaban J connectivity index is 0.0000116. The van der Waals surface area contributed by atoms with Crippen LogP contribution in [0.2, 0.25) is 0 Å². The number of rotatable bonds is 8. The summed E-state index contributed by atoms with van der Waals surface area (Å²) in [4.78, 5) is 4.88. The van der Waals surface area contributed by atoms with Gasteiger partial charge in [0.05, 0.1) is 24.9 Å². The Bertz CT molecular complexity index is 5440. The Labute approximate surface area is 527 Å². The van der Waals surface area contributed by atoms with Gasteiger partial charge in [0.1, 0.15) is 5.82 Å². The standard InChI is InChI=1S/C73H68N4O.Pt/c1-46-36-67(74-42-58(46)47-20-17-21-50(37-47)69(2,3)4)77-63-27-14-13-24-56(63)57-33-32-53(41-66(57)77)78-52-23-18-22-51(40-52)75-45-76(65-29-16-15-28-64(65)75)68-54(48-30-34-59-61(38-48)72(9,10)43-70(59,5)6)25-19-26-55(68)49-31-35-60-62(39-49)73(11,12)44-71(60,7)8;/h13-39,42H,43-44H2,1-12H3;/q-2;/i1D3,5D3,6D3,7D3,8D3,9D3,10D3,11D3,12D3,30D,31D,34D,35D,38D,39D;. The molecule has 79 heavy (non-hydrogen) atoms. The normalized spacial score (nSPS) is 23.4. The van der Waals surface area contributed by atoms with Crippen molar-refractivity contribution >= 4 is 32.8 Å². The summed E-state index contributed by atoms with van der Waals surface area (Å²) in [5, 5.41) is 1.43. The van der Waals surface area contributed by atoms with E-state index >= 15 is 0 Å². The summed E-state index contributed by atoms with van der Waals surface area (Å²) in [6, 6.07) is 32.8. The molecule has 2 aliphatic rings. The molecule has 2 aliphatic carbocycles. The minimum atomic E-state index is -3.96. The number of aryl methyl sites for hydroxylation is 1. The third-order valence-electron chi connectivity index (χ3n) is 14.7. The molecular formula is C73H68N4OPt-2. The average molecular weight is 1250 g/mol. The van der Waals surface area contributed by atoms with Crippen LogP contribution in [0.25, 0.3) is 83.4 Å². The molecule has 8 aromatic carbocycles. The minimum Gasteiger partial charge on any atom is -0.510 e. The molecule has 0 N–H and O–H groups in total. The van der Waals surface area contributed by atoms with Gasteiger partial charge in [0.25, 0.3) is 6.33 Å². The fourth-order valence-corrected chi connectivity index (χ4v) is 11.0. The van der Waals surface area contributed by atoms with Gasteiger partial charge in [0, 0.05) is 86.9 Å². The summed E-state index contributed by atoms with van der Waals surface area (Å²) in [7, 11) is 0. The molecule has 5 nitrogen and oxygen atoms in total. The van der Waals surface area contributed by atoms with Gasteiger partial charge in [0.15, 0.2) is 0 Å². The van der Waals surface area contributed by atoms with Gasteiger partial charge in [-0.25, -0.2) is 4.98 Å². The molecule has 6 heteroatoms. The van der Waals surface area contributed by atoms with Gasteiger partial charge >= 0.3 is 0 Å². The Morgan fingerprint density at radius 2 is 1.22 bits per heavy atom. The molecule has 0 bridgehead atoms. The van der Waals surface area contributed by atoms with Crippen LogP contribution in [0.3, 0.4) is 0 Å². The zero-order valence-corrected chi connectivity index (χ0v) is 44.9. The van der Waals surface area contributed by atoms with E-state index in [1.54, 1.807) is 41.0 Å². The summed E-state index contributed by atoms with van der Waals surface area (Å²) in [5.41, 5.74) is -20.0. The van der Waals surface area contributed by atoms with E-state index in [0.29, 0.717) is 27.5 Å². The molecule has 0 fully saturated rings. The minimum absolute atomic E-state index is 0. The SMILES string of the molecule is [2H]c1c([2H])c2c(c([2H])c1-c1cccc(-c3c([2H])c([2H])c4c(c3[2H])C(C([2H])([2H])[2H])(C([2H])([2H])[2H])CC4(C([2H])([2H])[2H])C([2H])([2H])[2H])c1-[n+]1[c-]n(-c3[c-]c(Oc4[c-]c5c(cc4)c4ccccc4n5-c4cc(C([2H])([2H])[2H])c(-c5cccc(C(C)(C)C)c5)cn4)ccc3)c3ccccc31)C(C([2H])([2H])[2H])(C([2H])([2H])[2H])CC2(C([2H])([2H])[2H])C([2H])([2H])[2H].[Pt]. The Morgan fingerprint density at radius 1 is 0.595 bits per heavy atom. The fraction of sp³-hybridized carbons (Fsp3) is 0.260. The molecule has 0 saturated carbocycles. The maximum absolute atomic E-state index is 10.3. The average Bonchev–Trinajstić information content (AvgIpc) is 1.49. The van der Waals surface area contributed by atoms with E-state index in [2.05, 4.69) is 39.2 Å². The number of fused-ring (bicyclic) bond motifs is 6. The van der Waals surface area contributed by atoms with E-state index in [4.69, 9.17) is 46.7 Å². The molecule has 0 radical (unpaired) electrons. The number of hydrogen-bond donors (Lipinski definition) is 0. The molecule has 3 heterocycles. The summed E-state index contributed by atoms with van der Waals surface area (Å²) < 4.78 is 311. The largest absolute Gasteiger partial charge is 0.510 e. The number of hydrogen-bond acceptors (Lipinski definition) is 2. The number of para-hydroxylation sites is 4. The van der Waals surface area contributed by atoms with Crippen molar-refractivity contribution < 1.29 is 75.6 Å². The van der Waals surface area contributed by atoms with Crippen molar-refractivity contribution in [3.63, 3.8) is 0 Å². The van der Waals surface area contributed by atoms with Crippen LogP contribution < -0.4 is 9.30 Å². The first-order valence-electron chi connectivity index (χ1n) is 41.6. The van der Waals surface area contributed by atoms with Crippen molar-refractivity contribution in [2.24, 2.45) is 0 Å². The Kier molecular flexibility index (Phi) is 6.31. The fourth-order valence-electron chi connectivity index (χ4n) is 11.0. The number of benzene rings is 8. The quantitative estimate of drug-likeness (QED) is 0.112. The van der Waals surface area contributed by atoms with Crippen LogP contribution in [0.15, 0.2) is 170 Å². The monoisotopic (exact) mass is 1240 g/mol. The number of aromatic nitrogens is 4. The van der Waals surface area contributed by atoms with E-state index in [9.17, 15) is 8.22 Å². The van der Waals surface area contributed by atoms with Gasteiger partial charge in [-0.3, -0.25) is 4.57 Å². The van der Waals surface area contributed by atoms with Crippen LogP contribution in [0.5, 0.6) is 11.5 Å². The molecule has 0 atom stereocenters. The first kappa shape index (κ1) is 26.8. The first-order chi connectivity index (χ1) is 50.9. The maximum Gasteiger partial charge on any atom is 0.268 e. The van der Waals surface area contributed by atoms with Crippen LogP contribution in [-0.2, 0) is 48.1 Å². The summed E-state index contributed by atoms with van der Waals surface area (Å²) >= 11 is 0. The third-order valence-corrected chi connectivity index (χ3v) is 14.7. The third kappa shape index (κ3) is 8.79. The number of nitrogens with zero attached hydrogens (tertiary/aromatic N) is 4. The molecule has 11 aromatic rings. The molecule has 398 valence electrons. The van der Waals surface area contributed by atoms with E-state index in [1.165, 1.54) is 35.0 Å². The second kappa shape index (κ2) is 18.6. The van der Waals surface area contributed by atoms with Crippen LogP contribution in [0.4, 0.5) is 0 Å². The van der Waals surface area contributed by atoms with Gasteiger partial charge in [-0.15, -0.1) is 29.7 Å². The van der Waals surface area contributed by atoms with Crippen molar-refractivity contribution in [1.82, 2.24) is 14.1 Å². The van der Waals surface area contributed by atoms with E-state index < -0.39 is 183 Å².